The normalized spacial score (nSPS) is 14.2. The average molecular weight is 575 g/mol. The van der Waals surface area contributed by atoms with Gasteiger partial charge in [0, 0.05) is 0 Å². The molecule has 22 heteroatoms. The highest BCUT2D eigenvalue weighted by Crippen LogP contribution is 2.51. The van der Waals surface area contributed by atoms with E-state index in [9.17, 15) is 93.0 Å². The van der Waals surface area contributed by atoms with Crippen LogP contribution in [0, 0.1) is 29.1 Å². The molecule has 206 valence electrons. The number of imide groups is 1. The van der Waals surface area contributed by atoms with Gasteiger partial charge in [0.25, 0.3) is 0 Å². The molecule has 0 N–H and O–H groups in total. The molecular formula is C14F19NO2. The molecule has 0 aliphatic rings. The highest BCUT2D eigenvalue weighted by atomic mass is 19.4. The fourth-order valence-corrected chi connectivity index (χ4v) is 1.99. The number of halogens is 19. The fourth-order valence-electron chi connectivity index (χ4n) is 1.99. The SMILES string of the molecule is O=C(N(C(=O)C(F)(F)C(F)(F)C(F)(F)F)c1c(F)c(F)c(F)c(F)c1F)C(F)(F)C(F)(F)C(F)(F)F. The number of carbonyl (C=O) groups is 2. The van der Waals surface area contributed by atoms with Gasteiger partial charge < -0.3 is 0 Å². The van der Waals surface area contributed by atoms with Crippen molar-refractivity contribution in [3.05, 3.63) is 29.1 Å². The summed E-state index contributed by atoms with van der Waals surface area (Å²) in [5.74, 6) is -59.8. The van der Waals surface area contributed by atoms with Crippen LogP contribution in [0.1, 0.15) is 0 Å². The highest BCUT2D eigenvalue weighted by molar-refractivity contribution is 6.20. The van der Waals surface area contributed by atoms with Crippen molar-refractivity contribution in [1.82, 2.24) is 0 Å². The molecule has 36 heavy (non-hydrogen) atoms. The van der Waals surface area contributed by atoms with E-state index in [0.717, 1.165) is 0 Å². The summed E-state index contributed by atoms with van der Waals surface area (Å²) in [6.45, 7) is 0. The van der Waals surface area contributed by atoms with E-state index in [4.69, 9.17) is 0 Å². The van der Waals surface area contributed by atoms with Crippen LogP contribution >= 0.6 is 0 Å². The second-order valence-electron chi connectivity index (χ2n) is 6.16. The van der Waals surface area contributed by atoms with Crippen LogP contribution in [-0.4, -0.2) is 47.9 Å². The lowest BCUT2D eigenvalue weighted by Crippen LogP contribution is -2.66. The van der Waals surface area contributed by atoms with Gasteiger partial charge in [0.1, 0.15) is 5.69 Å². The molecule has 0 saturated heterocycles. The minimum Gasteiger partial charge on any atom is -0.267 e. The number of amides is 2. The summed E-state index contributed by atoms with van der Waals surface area (Å²) in [6.07, 6.45) is -15.3. The summed E-state index contributed by atoms with van der Waals surface area (Å²) in [7, 11) is 0. The smallest absolute Gasteiger partial charge is 0.267 e. The van der Waals surface area contributed by atoms with Crippen LogP contribution in [0.3, 0.4) is 0 Å². The van der Waals surface area contributed by atoms with E-state index in [-0.39, 0.29) is 0 Å². The summed E-state index contributed by atoms with van der Waals surface area (Å²) in [5, 5.41) is 0. The Balaban J connectivity index is 4.17. The Hall–Kier alpha value is -2.97. The van der Waals surface area contributed by atoms with E-state index < -0.39 is 87.5 Å². The molecule has 0 atom stereocenters. The first-order chi connectivity index (χ1) is 15.6. The van der Waals surface area contributed by atoms with Gasteiger partial charge in [-0.25, -0.2) is 26.9 Å². The van der Waals surface area contributed by atoms with Crippen molar-refractivity contribution in [1.29, 1.82) is 0 Å². The van der Waals surface area contributed by atoms with Crippen molar-refractivity contribution in [2.75, 3.05) is 4.90 Å². The van der Waals surface area contributed by atoms with Gasteiger partial charge >= 0.3 is 47.9 Å². The zero-order chi connectivity index (χ0) is 29.2. The Bertz CT molecular complexity index is 990. The molecular weight excluding hydrogens is 575 g/mol. The van der Waals surface area contributed by atoms with Crippen molar-refractivity contribution in [3.63, 3.8) is 0 Å². The number of anilines is 1. The molecule has 0 saturated carbocycles. The molecule has 0 radical (unpaired) electrons. The van der Waals surface area contributed by atoms with Gasteiger partial charge in [0.15, 0.2) is 23.3 Å². The highest BCUT2D eigenvalue weighted by Gasteiger charge is 2.81. The maximum Gasteiger partial charge on any atom is 0.460 e. The topological polar surface area (TPSA) is 37.4 Å². The number of hydrogen-bond donors (Lipinski definition) is 0. The lowest BCUT2D eigenvalue weighted by Gasteiger charge is -2.34. The number of carbonyl (C=O) groups excluding carboxylic acids is 2. The molecule has 0 spiro atoms. The summed E-state index contributed by atoms with van der Waals surface area (Å²) in [6, 6.07) is 0. The van der Waals surface area contributed by atoms with E-state index in [1.807, 2.05) is 0 Å². The maximum atomic E-state index is 13.8. The molecule has 3 nitrogen and oxygen atoms in total. The standard InChI is InChI=1S/C14F19NO2/c15-1-2(16)4(18)6(5(19)3(1)17)34(7(35)9(20,21)11(24,25)13(28,29)30)8(36)10(22,23)12(26,27)14(31,32)33. The zero-order valence-corrected chi connectivity index (χ0v) is 15.4. The van der Waals surface area contributed by atoms with Crippen LogP contribution in [0.25, 0.3) is 0 Å². The molecule has 0 bridgehead atoms. The van der Waals surface area contributed by atoms with Gasteiger partial charge in [-0.15, -0.1) is 0 Å². The average Bonchev–Trinajstić information content (AvgIpc) is 2.70. The van der Waals surface area contributed by atoms with Crippen molar-refractivity contribution < 1.29 is 93.0 Å². The molecule has 1 aromatic carbocycles. The second kappa shape index (κ2) is 8.56. The van der Waals surface area contributed by atoms with Gasteiger partial charge in [-0.2, -0.15) is 61.5 Å². The third-order valence-corrected chi connectivity index (χ3v) is 3.85. The van der Waals surface area contributed by atoms with Crippen LogP contribution < -0.4 is 4.90 Å². The second-order valence-corrected chi connectivity index (χ2v) is 6.16. The van der Waals surface area contributed by atoms with Crippen molar-refractivity contribution in [2.45, 2.75) is 36.0 Å². The summed E-state index contributed by atoms with van der Waals surface area (Å²) >= 11 is 0. The molecule has 0 aliphatic heterocycles. The van der Waals surface area contributed by atoms with Gasteiger partial charge in [-0.1, -0.05) is 0 Å². The van der Waals surface area contributed by atoms with Crippen LogP contribution in [-0.2, 0) is 9.59 Å². The predicted octanol–water partition coefficient (Wildman–Crippen LogP) is 5.91. The lowest BCUT2D eigenvalue weighted by molar-refractivity contribution is -0.345. The summed E-state index contributed by atoms with van der Waals surface area (Å²) in [5.41, 5.74) is -3.92. The first-order valence-electron chi connectivity index (χ1n) is 7.67. The van der Waals surface area contributed by atoms with Crippen LogP contribution in [0.4, 0.5) is 89.1 Å². The summed E-state index contributed by atoms with van der Waals surface area (Å²) < 4.78 is 248. The van der Waals surface area contributed by atoms with E-state index in [1.54, 1.807) is 0 Å². The lowest BCUT2D eigenvalue weighted by atomic mass is 10.0. The Morgan fingerprint density at radius 3 is 0.889 bits per heavy atom. The molecule has 0 aromatic heterocycles. The number of nitrogens with zero attached hydrogens (tertiary/aromatic N) is 1. The maximum absolute atomic E-state index is 13.8. The molecule has 2 amide bonds. The molecule has 0 heterocycles. The molecule has 0 aliphatic carbocycles. The number of benzene rings is 1. The zero-order valence-electron chi connectivity index (χ0n) is 15.4. The molecule has 0 unspecified atom stereocenters. The van der Waals surface area contributed by atoms with Gasteiger partial charge in [-0.05, 0) is 0 Å². The van der Waals surface area contributed by atoms with E-state index >= 15 is 0 Å². The molecule has 0 fully saturated rings. The summed E-state index contributed by atoms with van der Waals surface area (Å²) in [4.78, 5) is 19.9. The van der Waals surface area contributed by atoms with Gasteiger partial charge in [-0.3, -0.25) is 9.59 Å². The third-order valence-electron chi connectivity index (χ3n) is 3.85. The van der Waals surface area contributed by atoms with Crippen LogP contribution in [0.2, 0.25) is 0 Å². The third kappa shape index (κ3) is 4.26. The van der Waals surface area contributed by atoms with Crippen LogP contribution in [0.5, 0.6) is 0 Å². The molecule has 1 rings (SSSR count). The number of rotatable bonds is 5. The number of hydrogen-bond acceptors (Lipinski definition) is 2. The Morgan fingerprint density at radius 1 is 0.444 bits per heavy atom. The molecule has 1 aromatic rings. The van der Waals surface area contributed by atoms with Crippen molar-refractivity contribution in [3.8, 4) is 0 Å². The van der Waals surface area contributed by atoms with Gasteiger partial charge in [0.2, 0.25) is 5.82 Å². The van der Waals surface area contributed by atoms with E-state index in [1.165, 1.54) is 0 Å². The van der Waals surface area contributed by atoms with E-state index in [0.29, 0.717) is 0 Å². The predicted molar refractivity (Wildman–Crippen MR) is 70.6 cm³/mol. The van der Waals surface area contributed by atoms with Crippen molar-refractivity contribution in [2.24, 2.45) is 0 Å². The minimum absolute atomic E-state index is 3.27. The van der Waals surface area contributed by atoms with E-state index in [2.05, 4.69) is 0 Å². The largest absolute Gasteiger partial charge is 0.460 e. The quantitative estimate of drug-likeness (QED) is 0.249. The fraction of sp³-hybridized carbons (Fsp3) is 0.429. The van der Waals surface area contributed by atoms with Crippen LogP contribution in [0.15, 0.2) is 0 Å². The minimum atomic E-state index is -7.87. The first kappa shape index (κ1) is 31.1. The van der Waals surface area contributed by atoms with Gasteiger partial charge in [0.05, 0.1) is 0 Å². The Morgan fingerprint density at radius 2 is 0.667 bits per heavy atom. The Kier molecular flexibility index (Phi) is 7.38. The first-order valence-corrected chi connectivity index (χ1v) is 7.67. The van der Waals surface area contributed by atoms with Crippen molar-refractivity contribution >= 4 is 17.5 Å². The number of alkyl halides is 14. The Labute approximate surface area is 182 Å². The monoisotopic (exact) mass is 575 g/mol.